The van der Waals surface area contributed by atoms with Crippen LogP contribution in [0.15, 0.2) is 12.5 Å². The van der Waals surface area contributed by atoms with Gasteiger partial charge in [0.05, 0.1) is 12.9 Å². The monoisotopic (exact) mass is 395 g/mol. The maximum absolute atomic E-state index is 12.4. The number of aromatic nitrogens is 2. The Morgan fingerprint density at radius 2 is 1.92 bits per heavy atom. The molecule has 1 aromatic rings. The second kappa shape index (κ2) is 12.4. The number of carboxylic acids is 1. The van der Waals surface area contributed by atoms with Crippen LogP contribution in [0.25, 0.3) is 0 Å². The fourth-order valence-corrected chi connectivity index (χ4v) is 2.10. The van der Waals surface area contributed by atoms with Crippen molar-refractivity contribution in [2.45, 2.75) is 37.8 Å². The van der Waals surface area contributed by atoms with Crippen molar-refractivity contribution in [1.29, 1.82) is 0 Å². The molecule has 1 rings (SSSR count). The first-order chi connectivity index (χ1) is 11.5. The number of rotatable bonds is 11. The van der Waals surface area contributed by atoms with E-state index in [4.69, 9.17) is 11.5 Å². The van der Waals surface area contributed by atoms with Gasteiger partial charge in [0.1, 0.15) is 12.1 Å². The summed E-state index contributed by atoms with van der Waals surface area (Å²) >= 11 is 0. The Morgan fingerprint density at radius 1 is 1.20 bits per heavy atom. The Balaban J connectivity index is 0.00000576. The van der Waals surface area contributed by atoms with Crippen molar-refractivity contribution >= 4 is 17.8 Å². The van der Waals surface area contributed by atoms with E-state index in [9.17, 15) is 19.5 Å². The third-order valence-electron chi connectivity index (χ3n) is 3.38. The number of aliphatic carboxylic acids is 1. The third-order valence-corrected chi connectivity index (χ3v) is 3.38. The fourth-order valence-electron chi connectivity index (χ4n) is 2.10. The van der Waals surface area contributed by atoms with Crippen molar-refractivity contribution in [3.63, 3.8) is 0 Å². The number of unbranched alkanes of at least 4 members (excludes halogenated alkanes) is 1. The first-order valence-corrected chi connectivity index (χ1v) is 7.67. The summed E-state index contributed by atoms with van der Waals surface area (Å²) in [6, 6.07) is -1.99. The third kappa shape index (κ3) is 8.64. The maximum Gasteiger partial charge on any atom is 0.326 e. The summed E-state index contributed by atoms with van der Waals surface area (Å²) in [5.41, 5.74) is 11.3. The number of nitrogens with one attached hydrogen (secondary N) is 3. The van der Waals surface area contributed by atoms with Crippen LogP contribution in [-0.2, 0) is 37.9 Å². The van der Waals surface area contributed by atoms with Gasteiger partial charge in [-0.25, -0.2) is 9.78 Å². The minimum atomic E-state index is -1.13. The van der Waals surface area contributed by atoms with Gasteiger partial charge in [0, 0.05) is 35.4 Å². The summed E-state index contributed by atoms with van der Waals surface area (Å²) < 4.78 is 0. The molecule has 2 atom stereocenters. The number of nitrogens with zero attached hydrogens (tertiary/aromatic N) is 1. The van der Waals surface area contributed by atoms with Gasteiger partial charge in [-0.15, -0.1) is 0 Å². The molecule has 11 heteroatoms. The molecule has 0 unspecified atom stereocenters. The zero-order valence-corrected chi connectivity index (χ0v) is 14.9. The van der Waals surface area contributed by atoms with Crippen molar-refractivity contribution in [1.82, 2.24) is 20.6 Å². The summed E-state index contributed by atoms with van der Waals surface area (Å²) in [4.78, 5) is 41.8. The molecule has 0 fully saturated rings. The van der Waals surface area contributed by atoms with E-state index in [-0.39, 0.29) is 36.5 Å². The molecular weight excluding hydrogens is 371 g/mol. The molecule has 0 aliphatic rings. The molecule has 25 heavy (non-hydrogen) atoms. The molecule has 2 amide bonds. The number of nitrogens with two attached hydrogens (primary N) is 2. The number of carbonyl (C=O) groups excluding carboxylic acids is 2. The molecule has 0 saturated heterocycles. The van der Waals surface area contributed by atoms with Crippen molar-refractivity contribution in [2.24, 2.45) is 11.5 Å². The Morgan fingerprint density at radius 3 is 2.44 bits per heavy atom. The van der Waals surface area contributed by atoms with E-state index >= 15 is 0 Å². The summed E-state index contributed by atoms with van der Waals surface area (Å²) in [5.74, 6) is -2.23. The van der Waals surface area contributed by atoms with Crippen LogP contribution in [-0.4, -0.2) is 58.0 Å². The quantitative estimate of drug-likeness (QED) is 0.187. The average molecular weight is 395 g/mol. The van der Waals surface area contributed by atoms with Crippen molar-refractivity contribution in [2.75, 3.05) is 13.1 Å². The van der Waals surface area contributed by atoms with Crippen LogP contribution < -0.4 is 22.1 Å². The minimum Gasteiger partial charge on any atom is -0.480 e. The molecule has 1 heterocycles. The van der Waals surface area contributed by atoms with E-state index in [0.717, 1.165) is 0 Å². The van der Waals surface area contributed by atoms with Crippen LogP contribution in [0.2, 0.25) is 0 Å². The van der Waals surface area contributed by atoms with Gasteiger partial charge in [-0.1, -0.05) is 0 Å². The van der Waals surface area contributed by atoms with E-state index in [0.29, 0.717) is 25.1 Å². The molecule has 1 radical (unpaired) electrons. The number of H-pyrrole nitrogens is 1. The Bertz CT molecular complexity index is 539. The van der Waals surface area contributed by atoms with Gasteiger partial charge in [0.2, 0.25) is 11.8 Å². The van der Waals surface area contributed by atoms with Crippen LogP contribution in [0.3, 0.4) is 0 Å². The largest absolute Gasteiger partial charge is 0.480 e. The summed E-state index contributed by atoms with van der Waals surface area (Å²) in [5, 5.41) is 14.1. The molecule has 0 spiro atoms. The SMILES string of the molecule is NCCCC[C@H](NC(=O)[C@H](Cc1cnc[nH]1)NC(=O)CN)C(=O)O.[Mn]. The number of imidazole rings is 1. The van der Waals surface area contributed by atoms with Crippen molar-refractivity contribution < 1.29 is 36.6 Å². The summed E-state index contributed by atoms with van der Waals surface area (Å²) in [6.45, 7) is 0.181. The molecule has 8 N–H and O–H groups in total. The molecule has 0 aliphatic heterocycles. The van der Waals surface area contributed by atoms with Crippen LogP contribution >= 0.6 is 0 Å². The van der Waals surface area contributed by atoms with E-state index in [1.165, 1.54) is 12.5 Å². The fraction of sp³-hybridized carbons (Fsp3) is 0.571. The van der Waals surface area contributed by atoms with Gasteiger partial charge < -0.3 is 32.2 Å². The number of hydrogen-bond donors (Lipinski definition) is 6. The van der Waals surface area contributed by atoms with E-state index in [2.05, 4.69) is 20.6 Å². The van der Waals surface area contributed by atoms with Crippen LogP contribution in [0.5, 0.6) is 0 Å². The second-order valence-electron chi connectivity index (χ2n) is 5.29. The molecule has 1 aromatic heterocycles. The zero-order valence-electron chi connectivity index (χ0n) is 13.7. The number of aromatic amines is 1. The molecular formula is C14H24MnN6O4. The first kappa shape index (κ1) is 23.1. The van der Waals surface area contributed by atoms with Crippen LogP contribution in [0.1, 0.15) is 25.0 Å². The predicted molar refractivity (Wildman–Crippen MR) is 85.7 cm³/mol. The average Bonchev–Trinajstić information content (AvgIpc) is 3.06. The number of amides is 2. The molecule has 0 bridgehead atoms. The van der Waals surface area contributed by atoms with Crippen LogP contribution in [0, 0.1) is 0 Å². The number of carboxylic acid groups (broad SMARTS) is 1. The maximum atomic E-state index is 12.4. The first-order valence-electron chi connectivity index (χ1n) is 7.67. The van der Waals surface area contributed by atoms with Gasteiger partial charge in [-0.2, -0.15) is 0 Å². The molecule has 0 aromatic carbocycles. The summed E-state index contributed by atoms with van der Waals surface area (Å²) in [6.07, 6.45) is 4.62. The standard InChI is InChI=1S/C14H24N6O4.Mn/c15-4-2-1-3-10(14(23)24)20-13(22)11(19-12(21)6-16)5-9-7-17-8-18-9;/h7-8,10-11H,1-6,15-16H2,(H,17,18)(H,19,21)(H,20,22)(H,23,24);/t10-,11-;/m0./s1. The molecule has 0 aliphatic carbocycles. The van der Waals surface area contributed by atoms with E-state index in [1.807, 2.05) is 0 Å². The van der Waals surface area contributed by atoms with Crippen LogP contribution in [0.4, 0.5) is 0 Å². The topological polar surface area (TPSA) is 176 Å². The van der Waals surface area contributed by atoms with Gasteiger partial charge in [0.15, 0.2) is 0 Å². The van der Waals surface area contributed by atoms with Gasteiger partial charge in [-0.05, 0) is 25.8 Å². The molecule has 0 saturated carbocycles. The summed E-state index contributed by atoms with van der Waals surface area (Å²) in [7, 11) is 0. The predicted octanol–water partition coefficient (Wildman–Crippen LogP) is -1.91. The van der Waals surface area contributed by atoms with E-state index in [1.54, 1.807) is 0 Å². The Hall–Kier alpha value is -1.94. The van der Waals surface area contributed by atoms with Gasteiger partial charge in [-0.3, -0.25) is 9.59 Å². The normalized spacial score (nSPS) is 12.6. The Labute approximate surface area is 156 Å². The van der Waals surface area contributed by atoms with Crippen molar-refractivity contribution in [3.05, 3.63) is 18.2 Å². The zero-order chi connectivity index (χ0) is 17.9. The minimum absolute atomic E-state index is 0. The second-order valence-corrected chi connectivity index (χ2v) is 5.29. The number of carbonyl (C=O) groups is 3. The Kier molecular flexibility index (Phi) is 11.5. The van der Waals surface area contributed by atoms with Crippen molar-refractivity contribution in [3.8, 4) is 0 Å². The molecule has 10 nitrogen and oxygen atoms in total. The van der Waals surface area contributed by atoms with Gasteiger partial charge >= 0.3 is 5.97 Å². The van der Waals surface area contributed by atoms with Gasteiger partial charge in [0.25, 0.3) is 0 Å². The number of hydrogen-bond acceptors (Lipinski definition) is 6. The van der Waals surface area contributed by atoms with E-state index < -0.39 is 29.9 Å². The molecule has 141 valence electrons. The smallest absolute Gasteiger partial charge is 0.326 e.